The predicted octanol–water partition coefficient (Wildman–Crippen LogP) is 4.24. The van der Waals surface area contributed by atoms with Crippen LogP contribution in [-0.4, -0.2) is 63.4 Å². The van der Waals surface area contributed by atoms with E-state index >= 15 is 0 Å². The van der Waals surface area contributed by atoms with Gasteiger partial charge >= 0.3 is 0 Å². The molecule has 0 amide bonds. The van der Waals surface area contributed by atoms with Gasteiger partial charge in [-0.2, -0.15) is 0 Å². The number of hydrogen-bond acceptors (Lipinski definition) is 6. The van der Waals surface area contributed by atoms with E-state index in [1.165, 1.54) is 129 Å². The first-order valence-electron chi connectivity index (χ1n) is 14.3. The van der Waals surface area contributed by atoms with E-state index in [1.54, 1.807) is 4.90 Å². The van der Waals surface area contributed by atoms with Gasteiger partial charge in [0.15, 0.2) is 0 Å². The van der Waals surface area contributed by atoms with Gasteiger partial charge in [-0.25, -0.2) is 13.3 Å². The third-order valence-electron chi connectivity index (χ3n) is 6.85. The van der Waals surface area contributed by atoms with Gasteiger partial charge in [0.25, 0.3) is 0 Å². The molecule has 0 saturated carbocycles. The van der Waals surface area contributed by atoms with Crippen LogP contribution in [0.5, 0.6) is 0 Å². The maximum absolute atomic E-state index is 9.45. The molecule has 3 N–H and O–H groups in total. The summed E-state index contributed by atoms with van der Waals surface area (Å²) in [5, 5.41) is 0. The van der Waals surface area contributed by atoms with Gasteiger partial charge in [0.05, 0.1) is 26.2 Å². The number of quaternary nitrogens is 1. The number of likely N-dealkylation sites (N-methyl/N-ethyl adjacent to an activating group) is 1. The number of unbranched alkanes of at least 4 members (excludes halogenated alkanes) is 14. The van der Waals surface area contributed by atoms with Crippen molar-refractivity contribution >= 4 is 10.4 Å². The highest BCUT2D eigenvalue weighted by molar-refractivity contribution is 7.80. The topological polar surface area (TPSA) is 100 Å². The quantitative estimate of drug-likeness (QED) is 0.137. The zero-order chi connectivity index (χ0) is 25.5. The Morgan fingerprint density at radius 2 is 1.32 bits per heavy atom. The van der Waals surface area contributed by atoms with Crippen LogP contribution in [0.25, 0.3) is 0 Å². The van der Waals surface area contributed by atoms with Gasteiger partial charge in [-0.3, -0.25) is 4.18 Å². The fourth-order valence-corrected chi connectivity index (χ4v) is 5.25. The molecule has 1 rings (SSSR count). The van der Waals surface area contributed by atoms with Gasteiger partial charge < -0.3 is 15.2 Å². The lowest BCUT2D eigenvalue weighted by molar-refractivity contribution is -0.917. The molecule has 0 spiro atoms. The van der Waals surface area contributed by atoms with E-state index in [9.17, 15) is 13.0 Å². The summed E-state index contributed by atoms with van der Waals surface area (Å²) < 4.78 is 32.0. The maximum Gasteiger partial charge on any atom is 0.217 e. The molecule has 206 valence electrons. The average molecular weight is 508 g/mol. The summed E-state index contributed by atoms with van der Waals surface area (Å²) in [5.74, 6) is 0. The van der Waals surface area contributed by atoms with Crippen LogP contribution in [0, 0.1) is 0 Å². The van der Waals surface area contributed by atoms with Gasteiger partial charge in [0.2, 0.25) is 10.4 Å². The zero-order valence-electron chi connectivity index (χ0n) is 22.7. The van der Waals surface area contributed by atoms with Crippen molar-refractivity contribution in [3.8, 4) is 0 Å². The van der Waals surface area contributed by atoms with E-state index in [-0.39, 0.29) is 6.61 Å². The third-order valence-corrected chi connectivity index (χ3v) is 7.37. The molecule has 1 fully saturated rings. The highest BCUT2D eigenvalue weighted by Crippen LogP contribution is 2.14. The smallest absolute Gasteiger partial charge is 0.217 e. The summed E-state index contributed by atoms with van der Waals surface area (Å²) in [5.41, 5.74) is 5.80. The first kappa shape index (κ1) is 33.8. The van der Waals surface area contributed by atoms with Crippen molar-refractivity contribution < 1.29 is 22.1 Å². The Labute approximate surface area is 212 Å². The van der Waals surface area contributed by atoms with Crippen molar-refractivity contribution in [3.05, 3.63) is 0 Å². The zero-order valence-corrected chi connectivity index (χ0v) is 23.5. The van der Waals surface area contributed by atoms with Crippen LogP contribution in [0.4, 0.5) is 0 Å². The van der Waals surface area contributed by atoms with Crippen molar-refractivity contribution in [1.29, 1.82) is 0 Å². The summed E-state index contributed by atoms with van der Waals surface area (Å²) in [6.45, 7) is 11.7. The summed E-state index contributed by atoms with van der Waals surface area (Å²) in [7, 11) is -4.42. The van der Waals surface area contributed by atoms with E-state index < -0.39 is 10.4 Å². The van der Waals surface area contributed by atoms with Crippen LogP contribution in [-0.2, 0) is 14.6 Å². The molecule has 0 bridgehead atoms. The molecular formula is C26H57N3O4S. The second-order valence-corrected chi connectivity index (χ2v) is 10.7. The van der Waals surface area contributed by atoms with Gasteiger partial charge in [0, 0.05) is 19.5 Å². The van der Waals surface area contributed by atoms with Crippen molar-refractivity contribution in [1.82, 2.24) is 4.90 Å². The minimum Gasteiger partial charge on any atom is -0.726 e. The fourth-order valence-electron chi connectivity index (χ4n) is 4.96. The Hall–Kier alpha value is -0.250. The fraction of sp³-hybridized carbons (Fsp3) is 1.00. The minimum atomic E-state index is -4.42. The van der Waals surface area contributed by atoms with Crippen LogP contribution in [0.15, 0.2) is 0 Å². The molecule has 1 aliphatic rings. The summed E-state index contributed by atoms with van der Waals surface area (Å²) >= 11 is 0. The maximum atomic E-state index is 9.45. The summed E-state index contributed by atoms with van der Waals surface area (Å²) in [4.78, 5) is 4.42. The van der Waals surface area contributed by atoms with E-state index in [2.05, 4.69) is 22.9 Å². The summed E-state index contributed by atoms with van der Waals surface area (Å²) in [6.07, 6.45) is 23.9. The number of nitrogens with one attached hydrogen (secondary N) is 1. The van der Waals surface area contributed by atoms with Crippen LogP contribution in [0.2, 0.25) is 0 Å². The standard InChI is InChI=1S/C24H51N3.C2H6O4S/c1-3-5-6-7-8-9-10-11-12-13-14-15-16-17-18-19-24-26(4-2)22-23-27(24)21-20-25;1-2-6-7(3,4)5/h24H,3-23,25H2,1-2H3;2H2,1H3,(H,3,4,5). The van der Waals surface area contributed by atoms with Crippen LogP contribution in [0.3, 0.4) is 0 Å². The van der Waals surface area contributed by atoms with E-state index in [0.29, 0.717) is 0 Å². The van der Waals surface area contributed by atoms with Crippen molar-refractivity contribution in [2.75, 3.05) is 39.3 Å². The average Bonchev–Trinajstić information content (AvgIpc) is 3.18. The molecule has 0 aromatic rings. The first-order chi connectivity index (χ1) is 16.4. The third kappa shape index (κ3) is 20.0. The molecule has 7 nitrogen and oxygen atoms in total. The molecule has 0 aromatic heterocycles. The second-order valence-electron chi connectivity index (χ2n) is 9.64. The summed E-state index contributed by atoms with van der Waals surface area (Å²) in [6, 6.07) is 0. The van der Waals surface area contributed by atoms with Gasteiger partial charge in [-0.05, 0) is 13.3 Å². The number of nitrogens with zero attached hydrogens (tertiary/aromatic N) is 1. The second kappa shape index (κ2) is 23.2. The van der Waals surface area contributed by atoms with E-state index in [4.69, 9.17) is 5.73 Å². The van der Waals surface area contributed by atoms with Gasteiger partial charge in [-0.15, -0.1) is 0 Å². The lowest BCUT2D eigenvalue weighted by Crippen LogP contribution is -3.15. The molecule has 0 aliphatic carbocycles. The molecule has 8 heteroatoms. The Morgan fingerprint density at radius 1 is 0.853 bits per heavy atom. The Balaban J connectivity index is 0.00000135. The van der Waals surface area contributed by atoms with Crippen LogP contribution < -0.4 is 10.6 Å². The molecule has 1 aliphatic heterocycles. The first-order valence-corrected chi connectivity index (χ1v) is 15.6. The van der Waals surface area contributed by atoms with Gasteiger partial charge in [0.1, 0.15) is 6.17 Å². The normalized spacial score (nSPS) is 18.7. The van der Waals surface area contributed by atoms with Crippen molar-refractivity contribution in [3.63, 3.8) is 0 Å². The largest absolute Gasteiger partial charge is 0.726 e. The Bertz CT molecular complexity index is 534. The molecule has 1 heterocycles. The Morgan fingerprint density at radius 3 is 1.68 bits per heavy atom. The lowest BCUT2D eigenvalue weighted by Gasteiger charge is -2.26. The van der Waals surface area contributed by atoms with E-state index in [1.807, 2.05) is 0 Å². The monoisotopic (exact) mass is 507 g/mol. The molecule has 0 aromatic carbocycles. The lowest BCUT2D eigenvalue weighted by atomic mass is 10.0. The van der Waals surface area contributed by atoms with Crippen LogP contribution in [0.1, 0.15) is 124 Å². The molecule has 2 unspecified atom stereocenters. The predicted molar refractivity (Wildman–Crippen MR) is 142 cm³/mol. The minimum absolute atomic E-state index is 0.0914. The van der Waals surface area contributed by atoms with Crippen molar-refractivity contribution in [2.45, 2.75) is 130 Å². The number of rotatable bonds is 21. The molecular weight excluding hydrogens is 450 g/mol. The molecule has 2 atom stereocenters. The highest BCUT2D eigenvalue weighted by Gasteiger charge is 2.33. The van der Waals surface area contributed by atoms with Crippen molar-refractivity contribution in [2.24, 2.45) is 5.73 Å². The highest BCUT2D eigenvalue weighted by atomic mass is 32.3. The molecule has 0 radical (unpaired) electrons. The number of nitrogens with two attached hydrogens (primary N) is 1. The molecule has 1 saturated heterocycles. The number of hydrogen-bond donors (Lipinski definition) is 2. The molecule has 34 heavy (non-hydrogen) atoms. The van der Waals surface area contributed by atoms with E-state index in [0.717, 1.165) is 19.3 Å². The van der Waals surface area contributed by atoms with Crippen LogP contribution >= 0.6 is 0 Å². The van der Waals surface area contributed by atoms with Gasteiger partial charge in [-0.1, -0.05) is 104 Å². The Kier molecular flexibility index (Phi) is 23.0. The SMILES string of the molecule is CCCCCCCCCCCCCCCCCC1N(CC)CC[NH+]1CCN.CCOS(=O)(=O)[O-].